The number of ether oxygens (including phenoxy) is 1. The van der Waals surface area contributed by atoms with Gasteiger partial charge in [0.25, 0.3) is 11.8 Å². The van der Waals surface area contributed by atoms with Gasteiger partial charge in [-0.25, -0.2) is 9.18 Å². The fourth-order valence-corrected chi connectivity index (χ4v) is 3.77. The van der Waals surface area contributed by atoms with Gasteiger partial charge in [0.2, 0.25) is 0 Å². The molecule has 1 aromatic heterocycles. The maximum atomic E-state index is 13.7. The highest BCUT2D eigenvalue weighted by Gasteiger charge is 2.26. The molecule has 1 aliphatic rings. The molecule has 33 heavy (non-hydrogen) atoms. The lowest BCUT2D eigenvalue weighted by atomic mass is 10.0. The number of alkyl halides is 1. The molecule has 0 fully saturated rings. The number of aromatic amines is 1. The molecule has 0 radical (unpaired) electrons. The summed E-state index contributed by atoms with van der Waals surface area (Å²) in [5.74, 6) is -0.872. The van der Waals surface area contributed by atoms with E-state index in [0.29, 0.717) is 45.9 Å². The monoisotopic (exact) mass is 476 g/mol. The lowest BCUT2D eigenvalue weighted by molar-refractivity contribution is -0.110. The maximum absolute atomic E-state index is 13.7. The summed E-state index contributed by atoms with van der Waals surface area (Å²) in [7, 11) is 0. The fraction of sp³-hybridized carbons (Fsp3) is 0.348. The van der Waals surface area contributed by atoms with Gasteiger partial charge in [0.1, 0.15) is 12.4 Å². The van der Waals surface area contributed by atoms with Crippen molar-refractivity contribution < 1.29 is 23.5 Å². The Kier molecular flexibility index (Phi) is 7.75. The van der Waals surface area contributed by atoms with Gasteiger partial charge in [-0.3, -0.25) is 9.59 Å². The molecule has 0 atom stereocenters. The third-order valence-electron chi connectivity index (χ3n) is 5.37. The van der Waals surface area contributed by atoms with Crippen LogP contribution in [-0.4, -0.2) is 59.9 Å². The number of anilines is 1. The molecule has 2 heterocycles. The van der Waals surface area contributed by atoms with Gasteiger partial charge in [0.05, 0.1) is 17.0 Å². The molecule has 1 aromatic carbocycles. The van der Waals surface area contributed by atoms with E-state index in [2.05, 4.69) is 15.6 Å². The Labute approximate surface area is 196 Å². The highest BCUT2D eigenvalue weighted by molar-refractivity contribution is 6.34. The Bertz CT molecular complexity index is 1110. The smallest absolute Gasteiger partial charge is 0.409 e. The maximum Gasteiger partial charge on any atom is 0.409 e. The van der Waals surface area contributed by atoms with Crippen molar-refractivity contribution in [1.29, 1.82) is 0 Å². The van der Waals surface area contributed by atoms with Crippen LogP contribution in [0.2, 0.25) is 0 Å². The first-order chi connectivity index (χ1) is 15.8. The minimum Gasteiger partial charge on any atom is -0.448 e. The Balaban J connectivity index is 1.73. The van der Waals surface area contributed by atoms with Crippen LogP contribution >= 0.6 is 11.6 Å². The average Bonchev–Trinajstić information content (AvgIpc) is 3.24. The van der Waals surface area contributed by atoms with Gasteiger partial charge in [-0.05, 0) is 50.6 Å². The number of aryl methyl sites for hydroxylation is 1. The fourth-order valence-electron chi connectivity index (χ4n) is 3.70. The number of H-pyrrole nitrogens is 1. The van der Waals surface area contributed by atoms with Crippen LogP contribution in [0.5, 0.6) is 0 Å². The van der Waals surface area contributed by atoms with Crippen molar-refractivity contribution in [2.75, 3.05) is 37.4 Å². The molecular formula is C23H26ClFN4O4. The van der Waals surface area contributed by atoms with Crippen LogP contribution in [0.1, 0.15) is 39.8 Å². The average molecular weight is 477 g/mol. The first-order valence-electron chi connectivity index (χ1n) is 10.5. The van der Waals surface area contributed by atoms with E-state index in [0.717, 1.165) is 0 Å². The second-order valence-corrected chi connectivity index (χ2v) is 7.88. The lowest BCUT2D eigenvalue weighted by Crippen LogP contribution is -2.39. The van der Waals surface area contributed by atoms with Gasteiger partial charge < -0.3 is 25.3 Å². The largest absolute Gasteiger partial charge is 0.448 e. The normalized spacial score (nSPS) is 13.6. The summed E-state index contributed by atoms with van der Waals surface area (Å²) in [5, 5.41) is 5.52. The topological polar surface area (TPSA) is 104 Å². The molecule has 3 N–H and O–H groups in total. The summed E-state index contributed by atoms with van der Waals surface area (Å²) in [6.07, 6.45) is 1.13. The van der Waals surface area contributed by atoms with Crippen molar-refractivity contribution in [2.45, 2.75) is 20.8 Å². The Hall–Kier alpha value is -3.33. The van der Waals surface area contributed by atoms with E-state index in [4.69, 9.17) is 16.3 Å². The number of halogens is 2. The summed E-state index contributed by atoms with van der Waals surface area (Å²) in [6.45, 7) is 6.41. The quantitative estimate of drug-likeness (QED) is 0.399. The third-order valence-corrected chi connectivity index (χ3v) is 5.52. The number of hydrogen-bond acceptors (Lipinski definition) is 4. The summed E-state index contributed by atoms with van der Waals surface area (Å²) < 4.78 is 18.7. The first kappa shape index (κ1) is 24.3. The number of nitrogens with one attached hydrogen (secondary N) is 3. The van der Waals surface area contributed by atoms with Gasteiger partial charge >= 0.3 is 6.09 Å². The standard InChI is InChI=1S/C23H26ClFN4O4/c1-4-29(23(32)33-10-7-24)9-8-26-22(31)20-13(2)19(27-14(20)3)12-17-16-11-15(25)5-6-18(16)28-21(17)30/h5-6,11-12,27H,4,7-10H2,1-3H3,(H,26,31)(H,28,30). The molecule has 0 unspecified atom stereocenters. The number of carbonyl (C=O) groups excluding carboxylic acids is 3. The number of amides is 3. The van der Waals surface area contributed by atoms with Crippen molar-refractivity contribution in [3.05, 3.63) is 52.1 Å². The summed E-state index contributed by atoms with van der Waals surface area (Å²) in [5.41, 5.74) is 3.64. The summed E-state index contributed by atoms with van der Waals surface area (Å²) in [6, 6.07) is 4.10. The SMILES string of the molecule is CCN(CCNC(=O)c1c(C)[nH]c(C=C2C(=O)Nc3ccc(F)cc32)c1C)C(=O)OCCCl. The van der Waals surface area contributed by atoms with Crippen LogP contribution in [0.3, 0.4) is 0 Å². The highest BCUT2D eigenvalue weighted by atomic mass is 35.5. The molecule has 3 amide bonds. The molecule has 1 aliphatic heterocycles. The lowest BCUT2D eigenvalue weighted by Gasteiger charge is -2.20. The second-order valence-electron chi connectivity index (χ2n) is 7.50. The zero-order valence-electron chi connectivity index (χ0n) is 18.7. The Morgan fingerprint density at radius 3 is 2.76 bits per heavy atom. The molecule has 0 bridgehead atoms. The Morgan fingerprint density at radius 2 is 2.06 bits per heavy atom. The van der Waals surface area contributed by atoms with Gasteiger partial charge in [0.15, 0.2) is 0 Å². The van der Waals surface area contributed by atoms with Crippen molar-refractivity contribution >= 4 is 46.8 Å². The molecule has 0 aliphatic carbocycles. The number of hydrogen-bond donors (Lipinski definition) is 3. The van der Waals surface area contributed by atoms with E-state index in [1.807, 2.05) is 6.92 Å². The van der Waals surface area contributed by atoms with Crippen LogP contribution < -0.4 is 10.6 Å². The van der Waals surface area contributed by atoms with E-state index in [1.165, 1.54) is 23.1 Å². The van der Waals surface area contributed by atoms with Crippen LogP contribution in [-0.2, 0) is 9.53 Å². The van der Waals surface area contributed by atoms with Gasteiger partial charge in [-0.1, -0.05) is 0 Å². The Morgan fingerprint density at radius 1 is 1.30 bits per heavy atom. The molecule has 2 aromatic rings. The molecular weight excluding hydrogens is 451 g/mol. The van der Waals surface area contributed by atoms with Crippen molar-refractivity contribution in [2.24, 2.45) is 0 Å². The van der Waals surface area contributed by atoms with E-state index in [1.54, 1.807) is 19.9 Å². The highest BCUT2D eigenvalue weighted by Crippen LogP contribution is 2.34. The molecule has 0 saturated heterocycles. The number of likely N-dealkylation sites (N-methyl/N-ethyl adjacent to an activating group) is 1. The van der Waals surface area contributed by atoms with E-state index >= 15 is 0 Å². The van der Waals surface area contributed by atoms with Crippen molar-refractivity contribution in [1.82, 2.24) is 15.2 Å². The summed E-state index contributed by atoms with van der Waals surface area (Å²) >= 11 is 5.53. The molecule has 8 nitrogen and oxygen atoms in total. The zero-order valence-corrected chi connectivity index (χ0v) is 19.4. The zero-order chi connectivity index (χ0) is 24.1. The number of nitrogens with zero attached hydrogens (tertiary/aromatic N) is 1. The molecule has 3 rings (SSSR count). The second kappa shape index (κ2) is 10.5. The predicted octanol–water partition coefficient (Wildman–Crippen LogP) is 3.69. The van der Waals surface area contributed by atoms with E-state index in [9.17, 15) is 18.8 Å². The van der Waals surface area contributed by atoms with Gasteiger partial charge in [-0.2, -0.15) is 0 Å². The molecule has 176 valence electrons. The van der Waals surface area contributed by atoms with Gasteiger partial charge in [0, 0.05) is 42.3 Å². The number of fused-ring (bicyclic) bond motifs is 1. The molecule has 0 saturated carbocycles. The van der Waals surface area contributed by atoms with Crippen LogP contribution in [0.15, 0.2) is 18.2 Å². The van der Waals surface area contributed by atoms with E-state index < -0.39 is 11.9 Å². The third kappa shape index (κ3) is 5.36. The summed E-state index contributed by atoms with van der Waals surface area (Å²) in [4.78, 5) is 41.8. The number of rotatable bonds is 8. The van der Waals surface area contributed by atoms with Crippen LogP contribution in [0, 0.1) is 19.7 Å². The number of benzene rings is 1. The van der Waals surface area contributed by atoms with Crippen molar-refractivity contribution in [3.63, 3.8) is 0 Å². The number of carbonyl (C=O) groups is 3. The predicted molar refractivity (Wildman–Crippen MR) is 125 cm³/mol. The minimum atomic E-state index is -0.484. The first-order valence-corrected chi connectivity index (χ1v) is 11.1. The molecule has 0 spiro atoms. The van der Waals surface area contributed by atoms with Crippen LogP contribution in [0.4, 0.5) is 14.9 Å². The van der Waals surface area contributed by atoms with Gasteiger partial charge in [-0.15, -0.1) is 11.6 Å². The minimum absolute atomic E-state index is 0.123. The number of aromatic nitrogens is 1. The van der Waals surface area contributed by atoms with Crippen molar-refractivity contribution in [3.8, 4) is 0 Å². The van der Waals surface area contributed by atoms with Crippen LogP contribution in [0.25, 0.3) is 11.6 Å². The molecule has 10 heteroatoms. The van der Waals surface area contributed by atoms with E-state index in [-0.39, 0.29) is 37.4 Å².